The summed E-state index contributed by atoms with van der Waals surface area (Å²) in [6, 6.07) is 4.36. The van der Waals surface area contributed by atoms with Gasteiger partial charge >= 0.3 is 6.03 Å². The summed E-state index contributed by atoms with van der Waals surface area (Å²) in [4.78, 5) is 13.5. The number of nitrogens with one attached hydrogen (secondary N) is 1. The van der Waals surface area contributed by atoms with Crippen LogP contribution in [0.25, 0.3) is 0 Å². The monoisotopic (exact) mass is 326 g/mol. The van der Waals surface area contributed by atoms with E-state index in [1.807, 2.05) is 0 Å². The van der Waals surface area contributed by atoms with Gasteiger partial charge < -0.3 is 10.2 Å². The van der Waals surface area contributed by atoms with Crippen molar-refractivity contribution in [3.8, 4) is 0 Å². The van der Waals surface area contributed by atoms with E-state index in [1.165, 1.54) is 43.1 Å². The Morgan fingerprint density at radius 1 is 1.41 bits per heavy atom. The molecule has 1 aliphatic rings. The Morgan fingerprint density at radius 2 is 2.14 bits per heavy atom. The van der Waals surface area contributed by atoms with Crippen molar-refractivity contribution in [2.75, 3.05) is 13.6 Å². The second kappa shape index (κ2) is 8.37. The molecule has 2 amide bonds. The number of rotatable bonds is 6. The van der Waals surface area contributed by atoms with E-state index >= 15 is 0 Å². The number of amides is 2. The molecular formula is C17H24ClFN2O. The molecule has 1 fully saturated rings. The van der Waals surface area contributed by atoms with Gasteiger partial charge in [0.2, 0.25) is 0 Å². The number of carbonyl (C=O) groups is 1. The first kappa shape index (κ1) is 17.1. The fourth-order valence-corrected chi connectivity index (χ4v) is 3.24. The normalized spacial score (nSPS) is 15.0. The number of nitrogens with zero attached hydrogens (tertiary/aromatic N) is 1. The summed E-state index contributed by atoms with van der Waals surface area (Å²) in [5.74, 6) is 0.459. The van der Waals surface area contributed by atoms with Crippen molar-refractivity contribution >= 4 is 17.6 Å². The van der Waals surface area contributed by atoms with Crippen LogP contribution in [-0.4, -0.2) is 24.5 Å². The number of hydrogen-bond acceptors (Lipinski definition) is 1. The lowest BCUT2D eigenvalue weighted by molar-refractivity contribution is 0.206. The van der Waals surface area contributed by atoms with Crippen LogP contribution in [0.3, 0.4) is 0 Å². The molecule has 5 heteroatoms. The summed E-state index contributed by atoms with van der Waals surface area (Å²) in [5.41, 5.74) is 0.354. The number of urea groups is 1. The van der Waals surface area contributed by atoms with Gasteiger partial charge in [-0.2, -0.15) is 0 Å². The Hall–Kier alpha value is -1.29. The van der Waals surface area contributed by atoms with Crippen LogP contribution < -0.4 is 5.32 Å². The van der Waals surface area contributed by atoms with Crippen LogP contribution in [0.15, 0.2) is 18.2 Å². The zero-order valence-electron chi connectivity index (χ0n) is 13.1. The van der Waals surface area contributed by atoms with Crippen molar-refractivity contribution in [1.29, 1.82) is 0 Å². The van der Waals surface area contributed by atoms with Gasteiger partial charge in [0.1, 0.15) is 5.82 Å². The molecule has 122 valence electrons. The molecule has 0 atom stereocenters. The lowest BCUT2D eigenvalue weighted by Gasteiger charge is -2.19. The smallest absolute Gasteiger partial charge is 0.317 e. The van der Waals surface area contributed by atoms with E-state index in [9.17, 15) is 9.18 Å². The summed E-state index contributed by atoms with van der Waals surface area (Å²) in [7, 11) is 1.65. The second-order valence-electron chi connectivity index (χ2n) is 6.08. The minimum absolute atomic E-state index is 0.167. The van der Waals surface area contributed by atoms with Crippen LogP contribution in [0.1, 0.15) is 44.1 Å². The van der Waals surface area contributed by atoms with Crippen LogP contribution in [0, 0.1) is 11.7 Å². The van der Waals surface area contributed by atoms with Gasteiger partial charge in [0.25, 0.3) is 0 Å². The van der Waals surface area contributed by atoms with E-state index < -0.39 is 0 Å². The second-order valence-corrected chi connectivity index (χ2v) is 6.49. The summed E-state index contributed by atoms with van der Waals surface area (Å²) in [6.07, 6.45) is 7.55. The van der Waals surface area contributed by atoms with Crippen molar-refractivity contribution in [3.05, 3.63) is 34.6 Å². The van der Waals surface area contributed by atoms with Crippen molar-refractivity contribution < 1.29 is 9.18 Å². The maximum absolute atomic E-state index is 13.7. The fourth-order valence-electron chi connectivity index (χ4n) is 3.01. The first-order valence-electron chi connectivity index (χ1n) is 8.00. The maximum atomic E-state index is 13.7. The van der Waals surface area contributed by atoms with Crippen molar-refractivity contribution in [2.24, 2.45) is 5.92 Å². The lowest BCUT2D eigenvalue weighted by atomic mass is 10.0. The first-order valence-corrected chi connectivity index (χ1v) is 8.37. The highest BCUT2D eigenvalue weighted by molar-refractivity contribution is 6.31. The summed E-state index contributed by atoms with van der Waals surface area (Å²) in [5, 5.41) is 3.24. The van der Waals surface area contributed by atoms with Gasteiger partial charge in [-0.05, 0) is 30.9 Å². The highest BCUT2D eigenvalue weighted by atomic mass is 35.5. The number of carbonyl (C=O) groups excluding carboxylic acids is 1. The van der Waals surface area contributed by atoms with Crippen molar-refractivity contribution in [3.63, 3.8) is 0 Å². The Balaban J connectivity index is 1.72. The van der Waals surface area contributed by atoms with Crippen LogP contribution in [0.4, 0.5) is 9.18 Å². The summed E-state index contributed by atoms with van der Waals surface area (Å²) >= 11 is 5.98. The van der Waals surface area contributed by atoms with Gasteiger partial charge in [0.15, 0.2) is 0 Å². The molecule has 1 saturated carbocycles. The quantitative estimate of drug-likeness (QED) is 0.762. The number of halogens is 2. The number of benzene rings is 1. The first-order chi connectivity index (χ1) is 10.6. The zero-order chi connectivity index (χ0) is 15.9. The van der Waals surface area contributed by atoms with Crippen LogP contribution in [0.5, 0.6) is 0 Å². The van der Waals surface area contributed by atoms with E-state index in [-0.39, 0.29) is 18.4 Å². The van der Waals surface area contributed by atoms with Crippen molar-refractivity contribution in [2.45, 2.75) is 45.1 Å². The third-order valence-electron chi connectivity index (χ3n) is 4.34. The maximum Gasteiger partial charge on any atom is 0.317 e. The van der Waals surface area contributed by atoms with Crippen molar-refractivity contribution in [1.82, 2.24) is 10.2 Å². The standard InChI is InChI=1S/C17H24ClFN2O/c1-21(12-14-15(18)9-4-10-16(14)19)17(22)20-11-5-8-13-6-2-3-7-13/h4,9-10,13H,2-3,5-8,11-12H2,1H3,(H,20,22). The molecule has 0 spiro atoms. The predicted octanol–water partition coefficient (Wildman–Crippen LogP) is 4.59. The topological polar surface area (TPSA) is 32.3 Å². The minimum atomic E-state index is -0.381. The average molecular weight is 327 g/mol. The van der Waals surface area contributed by atoms with Crippen LogP contribution in [0.2, 0.25) is 5.02 Å². The van der Waals surface area contributed by atoms with Crippen LogP contribution in [-0.2, 0) is 6.54 Å². The zero-order valence-corrected chi connectivity index (χ0v) is 13.8. The van der Waals surface area contributed by atoms with Gasteiger partial charge in [-0.1, -0.05) is 43.4 Å². The molecule has 22 heavy (non-hydrogen) atoms. The van der Waals surface area contributed by atoms with Gasteiger partial charge in [-0.25, -0.2) is 9.18 Å². The third kappa shape index (κ3) is 4.87. The van der Waals surface area contributed by atoms with Gasteiger partial charge in [0.05, 0.1) is 6.54 Å². The van der Waals surface area contributed by atoms with E-state index in [0.29, 0.717) is 17.1 Å². The average Bonchev–Trinajstić information content (AvgIpc) is 3.00. The highest BCUT2D eigenvalue weighted by Crippen LogP contribution is 2.28. The molecule has 1 aromatic carbocycles. The van der Waals surface area contributed by atoms with Crippen LogP contribution >= 0.6 is 11.6 Å². The summed E-state index contributed by atoms with van der Waals surface area (Å²) in [6.45, 7) is 0.838. The molecule has 0 bridgehead atoms. The van der Waals surface area contributed by atoms with E-state index in [4.69, 9.17) is 11.6 Å². The van der Waals surface area contributed by atoms with Gasteiger partial charge in [-0.15, -0.1) is 0 Å². The molecular weight excluding hydrogens is 303 g/mol. The molecule has 0 aliphatic heterocycles. The SMILES string of the molecule is CN(Cc1c(F)cccc1Cl)C(=O)NCCCC1CCCC1. The highest BCUT2D eigenvalue weighted by Gasteiger charge is 2.16. The third-order valence-corrected chi connectivity index (χ3v) is 4.70. The molecule has 0 aromatic heterocycles. The molecule has 2 rings (SSSR count). The minimum Gasteiger partial charge on any atom is -0.338 e. The Bertz CT molecular complexity index is 483. The van der Waals surface area contributed by atoms with Gasteiger partial charge in [0, 0.05) is 24.2 Å². The molecule has 0 unspecified atom stereocenters. The molecule has 1 aromatic rings. The predicted molar refractivity (Wildman–Crippen MR) is 87.5 cm³/mol. The molecule has 0 saturated heterocycles. The molecule has 0 heterocycles. The lowest BCUT2D eigenvalue weighted by Crippen LogP contribution is -2.37. The van der Waals surface area contributed by atoms with E-state index in [1.54, 1.807) is 19.2 Å². The largest absolute Gasteiger partial charge is 0.338 e. The molecule has 1 N–H and O–H groups in total. The Kier molecular flexibility index (Phi) is 6.49. The molecule has 0 radical (unpaired) electrons. The Morgan fingerprint density at radius 3 is 2.82 bits per heavy atom. The van der Waals surface area contributed by atoms with Gasteiger partial charge in [-0.3, -0.25) is 0 Å². The molecule has 1 aliphatic carbocycles. The fraction of sp³-hybridized carbons (Fsp3) is 0.588. The van der Waals surface area contributed by atoms with E-state index in [0.717, 1.165) is 12.3 Å². The molecule has 3 nitrogen and oxygen atoms in total. The summed E-state index contributed by atoms with van der Waals surface area (Å²) < 4.78 is 13.7. The number of hydrogen-bond donors (Lipinski definition) is 1. The Labute approximate surface area is 136 Å². The van der Waals surface area contributed by atoms with E-state index in [2.05, 4.69) is 5.32 Å².